The molecule has 1 heterocycles. The minimum absolute atomic E-state index is 0.101. The van der Waals surface area contributed by atoms with E-state index >= 15 is 0 Å². The van der Waals surface area contributed by atoms with Gasteiger partial charge in [0.25, 0.3) is 0 Å². The van der Waals surface area contributed by atoms with E-state index in [4.69, 9.17) is 5.73 Å². The molecule has 0 aliphatic heterocycles. The Kier molecular flexibility index (Phi) is 2.52. The lowest BCUT2D eigenvalue weighted by molar-refractivity contribution is 0.148. The molecule has 0 amide bonds. The molecule has 0 aliphatic rings. The maximum Gasteiger partial charge on any atom is 0.244 e. The maximum atomic E-state index is 12.5. The van der Waals surface area contributed by atoms with E-state index in [1.807, 2.05) is 0 Å². The summed E-state index contributed by atoms with van der Waals surface area (Å²) in [6, 6.07) is 1.11. The summed E-state index contributed by atoms with van der Waals surface area (Å²) in [6.45, 7) is 0. The summed E-state index contributed by atoms with van der Waals surface area (Å²) >= 11 is 0. The van der Waals surface area contributed by atoms with E-state index in [9.17, 15) is 13.2 Å². The number of hydrogen-bond acceptors (Lipinski definition) is 2. The van der Waals surface area contributed by atoms with Gasteiger partial charge in [-0.2, -0.15) is 0 Å². The van der Waals surface area contributed by atoms with E-state index in [0.29, 0.717) is 0 Å². The highest BCUT2D eigenvalue weighted by molar-refractivity contribution is 5.39. The van der Waals surface area contributed by atoms with Gasteiger partial charge >= 0.3 is 0 Å². The lowest BCUT2D eigenvalue weighted by Gasteiger charge is -2.00. The highest BCUT2D eigenvalue weighted by atomic mass is 19.3. The molecule has 12 heavy (non-hydrogen) atoms. The number of alkyl halides is 2. The zero-order valence-electron chi connectivity index (χ0n) is 6.10. The molecular formula is C7H7F3N2. The summed E-state index contributed by atoms with van der Waals surface area (Å²) in [5.74, 6) is -0.687. The Hall–Kier alpha value is -1.26. The molecule has 0 saturated carbocycles. The number of rotatable bonds is 2. The Morgan fingerprint density at radius 1 is 1.50 bits per heavy atom. The number of halogens is 3. The molecule has 0 bridgehead atoms. The fourth-order valence-corrected chi connectivity index (χ4v) is 0.770. The van der Waals surface area contributed by atoms with Crippen LogP contribution >= 0.6 is 0 Å². The third kappa shape index (κ3) is 2.11. The third-order valence-corrected chi connectivity index (χ3v) is 1.31. The molecular weight excluding hydrogens is 169 g/mol. The summed E-state index contributed by atoms with van der Waals surface area (Å²) in [4.78, 5) is 3.44. The van der Waals surface area contributed by atoms with Gasteiger partial charge in [0.2, 0.25) is 6.43 Å². The zero-order chi connectivity index (χ0) is 9.14. The number of nitrogens with zero attached hydrogens (tertiary/aromatic N) is 1. The van der Waals surface area contributed by atoms with Gasteiger partial charge in [-0.15, -0.1) is 0 Å². The van der Waals surface area contributed by atoms with E-state index in [1.54, 1.807) is 0 Å². The summed E-state index contributed by atoms with van der Waals surface area (Å²) in [6.07, 6.45) is -2.14. The Labute approximate surface area is 67.2 Å². The van der Waals surface area contributed by atoms with Crippen molar-refractivity contribution in [1.82, 2.24) is 4.98 Å². The van der Waals surface area contributed by atoms with Gasteiger partial charge in [-0.1, -0.05) is 0 Å². The largest absolute Gasteiger partial charge is 0.396 e. The molecule has 0 spiro atoms. The van der Waals surface area contributed by atoms with Crippen LogP contribution in [0.3, 0.4) is 0 Å². The first-order valence-electron chi connectivity index (χ1n) is 3.27. The Balaban J connectivity index is 2.82. The van der Waals surface area contributed by atoms with Gasteiger partial charge in [-0.05, 0) is 6.07 Å². The van der Waals surface area contributed by atoms with Gasteiger partial charge < -0.3 is 5.73 Å². The summed E-state index contributed by atoms with van der Waals surface area (Å²) < 4.78 is 36.0. The van der Waals surface area contributed by atoms with Gasteiger partial charge in [0.05, 0.1) is 18.3 Å². The Morgan fingerprint density at radius 2 is 2.17 bits per heavy atom. The molecule has 5 heteroatoms. The number of pyridine rings is 1. The molecule has 0 atom stereocenters. The molecule has 0 aromatic carbocycles. The first kappa shape index (κ1) is 8.83. The van der Waals surface area contributed by atoms with Crippen molar-refractivity contribution in [3.05, 3.63) is 23.8 Å². The molecule has 0 saturated heterocycles. The lowest BCUT2D eigenvalue weighted by atomic mass is 10.2. The van der Waals surface area contributed by atoms with Gasteiger partial charge in [-0.3, -0.25) is 4.98 Å². The Bertz CT molecular complexity index is 275. The highest BCUT2D eigenvalue weighted by Crippen LogP contribution is 2.11. The van der Waals surface area contributed by atoms with Crippen LogP contribution < -0.4 is 5.73 Å². The second-order valence-electron chi connectivity index (χ2n) is 2.29. The maximum absolute atomic E-state index is 12.5. The van der Waals surface area contributed by atoms with E-state index in [-0.39, 0.29) is 11.4 Å². The lowest BCUT2D eigenvalue weighted by Crippen LogP contribution is -2.02. The van der Waals surface area contributed by atoms with Crippen LogP contribution in [-0.4, -0.2) is 11.4 Å². The predicted octanol–water partition coefficient (Wildman–Crippen LogP) is 1.61. The normalized spacial score (nSPS) is 10.7. The van der Waals surface area contributed by atoms with Crippen LogP contribution in [0.5, 0.6) is 0 Å². The average Bonchev–Trinajstić information content (AvgIpc) is 1.96. The number of nitrogen functional groups attached to an aromatic ring is 1. The molecule has 1 aromatic rings. The van der Waals surface area contributed by atoms with Crippen molar-refractivity contribution in [2.24, 2.45) is 0 Å². The highest BCUT2D eigenvalue weighted by Gasteiger charge is 2.07. The van der Waals surface area contributed by atoms with Crippen LogP contribution in [-0.2, 0) is 6.42 Å². The smallest absolute Gasteiger partial charge is 0.244 e. The van der Waals surface area contributed by atoms with Crippen molar-refractivity contribution < 1.29 is 13.2 Å². The van der Waals surface area contributed by atoms with Crippen molar-refractivity contribution in [2.75, 3.05) is 5.73 Å². The number of aromatic nitrogens is 1. The summed E-state index contributed by atoms with van der Waals surface area (Å²) in [7, 11) is 0. The second kappa shape index (κ2) is 3.42. The molecule has 2 nitrogen and oxygen atoms in total. The van der Waals surface area contributed by atoms with Crippen molar-refractivity contribution in [1.29, 1.82) is 0 Å². The summed E-state index contributed by atoms with van der Waals surface area (Å²) in [5, 5.41) is 0. The van der Waals surface area contributed by atoms with Crippen LogP contribution in [0.2, 0.25) is 0 Å². The fourth-order valence-electron chi connectivity index (χ4n) is 0.770. The monoisotopic (exact) mass is 176 g/mol. The molecule has 1 aromatic heterocycles. The zero-order valence-corrected chi connectivity index (χ0v) is 6.10. The van der Waals surface area contributed by atoms with E-state index in [2.05, 4.69) is 4.98 Å². The number of hydrogen-bond donors (Lipinski definition) is 1. The molecule has 66 valence electrons. The van der Waals surface area contributed by atoms with Crippen molar-refractivity contribution in [2.45, 2.75) is 12.8 Å². The molecule has 0 radical (unpaired) electrons. The first-order valence-corrected chi connectivity index (χ1v) is 3.27. The van der Waals surface area contributed by atoms with Crippen molar-refractivity contribution in [3.63, 3.8) is 0 Å². The van der Waals surface area contributed by atoms with Gasteiger partial charge in [0.15, 0.2) is 5.82 Å². The van der Waals surface area contributed by atoms with Crippen molar-refractivity contribution in [3.8, 4) is 0 Å². The summed E-state index contributed by atoms with van der Waals surface area (Å²) in [5.41, 5.74) is 5.09. The molecule has 2 N–H and O–H groups in total. The molecule has 0 fully saturated rings. The first-order chi connectivity index (χ1) is 5.59. The van der Waals surface area contributed by atoms with Crippen molar-refractivity contribution >= 4 is 5.69 Å². The SMILES string of the molecule is Nc1cc(CC(F)F)ncc1F. The molecule has 0 aliphatic carbocycles. The van der Waals surface area contributed by atoms with E-state index < -0.39 is 18.7 Å². The van der Waals surface area contributed by atoms with Crippen LogP contribution in [0.1, 0.15) is 5.69 Å². The average molecular weight is 176 g/mol. The van der Waals surface area contributed by atoms with E-state index in [0.717, 1.165) is 12.3 Å². The standard InChI is InChI=1S/C7H7F3N2/c8-5-3-12-4(1-6(5)11)2-7(9)10/h1,3,7H,2H2,(H2,11,12). The van der Waals surface area contributed by atoms with E-state index in [1.165, 1.54) is 0 Å². The third-order valence-electron chi connectivity index (χ3n) is 1.31. The Morgan fingerprint density at radius 3 is 2.67 bits per heavy atom. The quantitative estimate of drug-likeness (QED) is 0.743. The number of nitrogens with two attached hydrogens (primary N) is 1. The van der Waals surface area contributed by atoms with Crippen LogP contribution in [0, 0.1) is 5.82 Å². The van der Waals surface area contributed by atoms with Gasteiger partial charge in [0.1, 0.15) is 0 Å². The number of anilines is 1. The van der Waals surface area contributed by atoms with Gasteiger partial charge in [-0.25, -0.2) is 13.2 Å². The minimum atomic E-state index is -2.48. The fraction of sp³-hybridized carbons (Fsp3) is 0.286. The minimum Gasteiger partial charge on any atom is -0.396 e. The van der Waals surface area contributed by atoms with Gasteiger partial charge in [0, 0.05) is 5.69 Å². The topological polar surface area (TPSA) is 38.9 Å². The predicted molar refractivity (Wildman–Crippen MR) is 38.3 cm³/mol. The van der Waals surface area contributed by atoms with Crippen LogP contribution in [0.4, 0.5) is 18.9 Å². The van der Waals surface area contributed by atoms with Crippen LogP contribution in [0.15, 0.2) is 12.3 Å². The van der Waals surface area contributed by atoms with Crippen LogP contribution in [0.25, 0.3) is 0 Å². The molecule has 0 unspecified atom stereocenters. The molecule has 1 rings (SSSR count). The second-order valence-corrected chi connectivity index (χ2v) is 2.29.